The lowest BCUT2D eigenvalue weighted by atomic mass is 9.95. The molecule has 9 heavy (non-hydrogen) atoms. The van der Waals surface area contributed by atoms with Crippen LogP contribution >= 0.6 is 0 Å². The smallest absolute Gasteiger partial charge is 0.0935 e. The molecule has 0 unspecified atom stereocenters. The fraction of sp³-hybridized carbons (Fsp3) is 0.857. The predicted molar refractivity (Wildman–Crippen MR) is 34.4 cm³/mol. The lowest BCUT2D eigenvalue weighted by Crippen LogP contribution is -2.18. The Morgan fingerprint density at radius 3 is 2.44 bits per heavy atom. The molecular formula is C7H13O2. The molecule has 0 aromatic carbocycles. The Balaban J connectivity index is 2.18. The third-order valence-electron chi connectivity index (χ3n) is 1.84. The van der Waals surface area contributed by atoms with Crippen molar-refractivity contribution in [1.29, 1.82) is 0 Å². The van der Waals surface area contributed by atoms with Crippen molar-refractivity contribution in [2.75, 3.05) is 7.11 Å². The first-order valence-electron chi connectivity index (χ1n) is 3.39. The number of hydrogen-bond acceptors (Lipinski definition) is 2. The average Bonchev–Trinajstić information content (AvgIpc) is 1.90. The fourth-order valence-corrected chi connectivity index (χ4v) is 1.16. The summed E-state index contributed by atoms with van der Waals surface area (Å²) in [7, 11) is 1.73. The molecule has 1 saturated carbocycles. The molecule has 1 aliphatic rings. The first-order valence-corrected chi connectivity index (χ1v) is 3.39. The maximum Gasteiger partial charge on any atom is 0.0935 e. The zero-order valence-corrected chi connectivity index (χ0v) is 5.76. The van der Waals surface area contributed by atoms with Crippen molar-refractivity contribution in [2.24, 2.45) is 0 Å². The van der Waals surface area contributed by atoms with Crippen LogP contribution in [0.1, 0.15) is 25.7 Å². The largest absolute Gasteiger partial charge is 0.387 e. The molecule has 1 rings (SSSR count). The van der Waals surface area contributed by atoms with Gasteiger partial charge in [0.2, 0.25) is 0 Å². The molecule has 0 heterocycles. The molecule has 1 N–H and O–H groups in total. The minimum atomic E-state index is 0.390. The third kappa shape index (κ3) is 1.95. The molecule has 0 aliphatic heterocycles. The summed E-state index contributed by atoms with van der Waals surface area (Å²) in [6.45, 7) is 0. The van der Waals surface area contributed by atoms with E-state index in [1.807, 2.05) is 0 Å². The van der Waals surface area contributed by atoms with Crippen LogP contribution in [0.3, 0.4) is 0 Å². The van der Waals surface area contributed by atoms with Crippen molar-refractivity contribution < 1.29 is 9.84 Å². The van der Waals surface area contributed by atoms with Gasteiger partial charge in [-0.05, 0) is 25.7 Å². The summed E-state index contributed by atoms with van der Waals surface area (Å²) in [4.78, 5) is 0. The van der Waals surface area contributed by atoms with Gasteiger partial charge in [0.15, 0.2) is 0 Å². The van der Waals surface area contributed by atoms with Gasteiger partial charge in [-0.1, -0.05) is 0 Å². The fourth-order valence-electron chi connectivity index (χ4n) is 1.16. The van der Waals surface area contributed by atoms with E-state index in [-0.39, 0.29) is 0 Å². The first-order chi connectivity index (χ1) is 4.33. The van der Waals surface area contributed by atoms with Crippen LogP contribution in [-0.2, 0) is 4.74 Å². The number of methoxy groups -OCH3 is 1. The summed E-state index contributed by atoms with van der Waals surface area (Å²) in [5.74, 6) is 0. The Bertz CT molecular complexity index is 75.0. The highest BCUT2D eigenvalue weighted by Crippen LogP contribution is 2.24. The second-order valence-electron chi connectivity index (χ2n) is 2.50. The molecule has 0 saturated heterocycles. The van der Waals surface area contributed by atoms with Gasteiger partial charge in [0.1, 0.15) is 0 Å². The predicted octanol–water partition coefficient (Wildman–Crippen LogP) is 1.48. The number of aliphatic hydroxyl groups is 1. The van der Waals surface area contributed by atoms with Crippen molar-refractivity contribution in [3.63, 3.8) is 0 Å². The van der Waals surface area contributed by atoms with Crippen LogP contribution in [0.15, 0.2) is 0 Å². The Morgan fingerprint density at radius 1 is 1.44 bits per heavy atom. The van der Waals surface area contributed by atoms with Gasteiger partial charge in [0, 0.05) is 7.11 Å². The third-order valence-corrected chi connectivity index (χ3v) is 1.84. The van der Waals surface area contributed by atoms with E-state index in [0.717, 1.165) is 25.7 Å². The second kappa shape index (κ2) is 3.18. The summed E-state index contributed by atoms with van der Waals surface area (Å²) in [5.41, 5.74) is 0. The number of aliphatic hydroxyl groups excluding tert-OH is 1. The van der Waals surface area contributed by atoms with Gasteiger partial charge in [-0.25, -0.2) is 0 Å². The molecule has 1 fully saturated rings. The maximum absolute atomic E-state index is 8.98. The minimum Gasteiger partial charge on any atom is -0.387 e. The quantitative estimate of drug-likeness (QED) is 0.581. The number of hydrogen-bond donors (Lipinski definition) is 1. The van der Waals surface area contributed by atoms with Crippen LogP contribution in [0, 0.1) is 6.10 Å². The standard InChI is InChI=1S/C7H13O2/c1-9-7-4-2-6(8)3-5-7/h7-8H,2-5H2,1H3. The molecule has 0 spiro atoms. The molecule has 0 aromatic rings. The van der Waals surface area contributed by atoms with E-state index >= 15 is 0 Å². The second-order valence-corrected chi connectivity index (χ2v) is 2.50. The molecule has 0 bridgehead atoms. The van der Waals surface area contributed by atoms with Gasteiger partial charge < -0.3 is 9.84 Å². The molecule has 1 radical (unpaired) electrons. The average molecular weight is 129 g/mol. The van der Waals surface area contributed by atoms with Crippen molar-refractivity contribution in [3.8, 4) is 0 Å². The van der Waals surface area contributed by atoms with Crippen molar-refractivity contribution in [3.05, 3.63) is 6.10 Å². The van der Waals surface area contributed by atoms with E-state index in [1.165, 1.54) is 0 Å². The molecule has 2 heteroatoms. The van der Waals surface area contributed by atoms with Gasteiger partial charge >= 0.3 is 0 Å². The normalized spacial score (nSPS) is 24.7. The van der Waals surface area contributed by atoms with Crippen molar-refractivity contribution >= 4 is 0 Å². The van der Waals surface area contributed by atoms with Crippen LogP contribution in [0.25, 0.3) is 0 Å². The maximum atomic E-state index is 8.98. The van der Waals surface area contributed by atoms with Crippen LogP contribution in [0.2, 0.25) is 0 Å². The summed E-state index contributed by atoms with van der Waals surface area (Å²) in [6.07, 6.45) is 4.67. The van der Waals surface area contributed by atoms with Crippen LogP contribution in [0.5, 0.6) is 0 Å². The first kappa shape index (κ1) is 7.03. The Kier molecular flexibility index (Phi) is 2.49. The highest BCUT2D eigenvalue weighted by Gasteiger charge is 2.18. The van der Waals surface area contributed by atoms with Gasteiger partial charge in [-0.2, -0.15) is 0 Å². The Labute approximate surface area is 55.8 Å². The van der Waals surface area contributed by atoms with Crippen molar-refractivity contribution in [2.45, 2.75) is 31.8 Å². The van der Waals surface area contributed by atoms with Gasteiger partial charge in [-0.3, -0.25) is 0 Å². The van der Waals surface area contributed by atoms with Gasteiger partial charge in [0.25, 0.3) is 0 Å². The summed E-state index contributed by atoms with van der Waals surface area (Å²) in [6, 6.07) is 0. The Morgan fingerprint density at radius 2 is 2.00 bits per heavy atom. The topological polar surface area (TPSA) is 29.5 Å². The number of ether oxygens (including phenoxy) is 1. The highest BCUT2D eigenvalue weighted by molar-refractivity contribution is 4.83. The van der Waals surface area contributed by atoms with E-state index in [4.69, 9.17) is 9.84 Å². The van der Waals surface area contributed by atoms with Gasteiger partial charge in [0.05, 0.1) is 12.2 Å². The molecule has 2 nitrogen and oxygen atoms in total. The monoisotopic (exact) mass is 129 g/mol. The molecule has 1 aliphatic carbocycles. The van der Waals surface area contributed by atoms with E-state index in [9.17, 15) is 0 Å². The van der Waals surface area contributed by atoms with E-state index in [0.29, 0.717) is 12.2 Å². The molecule has 0 amide bonds. The Hall–Kier alpha value is -0.0800. The summed E-state index contributed by atoms with van der Waals surface area (Å²) >= 11 is 0. The zero-order valence-electron chi connectivity index (χ0n) is 5.76. The van der Waals surface area contributed by atoms with E-state index in [2.05, 4.69) is 0 Å². The lowest BCUT2D eigenvalue weighted by molar-refractivity contribution is 0.0561. The van der Waals surface area contributed by atoms with Crippen LogP contribution in [-0.4, -0.2) is 18.3 Å². The minimum absolute atomic E-state index is 0.390. The molecule has 0 aromatic heterocycles. The summed E-state index contributed by atoms with van der Waals surface area (Å²) < 4.78 is 5.12. The lowest BCUT2D eigenvalue weighted by Gasteiger charge is -2.22. The molecule has 0 atom stereocenters. The van der Waals surface area contributed by atoms with E-state index < -0.39 is 0 Å². The SMILES string of the molecule is COC1CC[C](O)CC1. The van der Waals surface area contributed by atoms with Crippen LogP contribution < -0.4 is 0 Å². The van der Waals surface area contributed by atoms with E-state index in [1.54, 1.807) is 7.11 Å². The highest BCUT2D eigenvalue weighted by atomic mass is 16.5. The molecule has 53 valence electrons. The molecular weight excluding hydrogens is 116 g/mol. The number of rotatable bonds is 1. The van der Waals surface area contributed by atoms with Crippen molar-refractivity contribution in [1.82, 2.24) is 0 Å². The summed E-state index contributed by atoms with van der Waals surface area (Å²) in [5, 5.41) is 8.98. The van der Waals surface area contributed by atoms with Gasteiger partial charge in [-0.15, -0.1) is 0 Å². The van der Waals surface area contributed by atoms with Crippen LogP contribution in [0.4, 0.5) is 0 Å². The zero-order chi connectivity index (χ0) is 6.69.